The fourth-order valence-corrected chi connectivity index (χ4v) is 1.35. The molecule has 2 N–H and O–H groups in total. The van der Waals surface area contributed by atoms with E-state index >= 15 is 0 Å². The third-order valence-electron chi connectivity index (χ3n) is 3.02. The average Bonchev–Trinajstić information content (AvgIpc) is 2.27. The van der Waals surface area contributed by atoms with E-state index in [4.69, 9.17) is 5.11 Å². The number of aliphatic carboxylic acids is 1. The molecule has 0 aliphatic heterocycles. The maximum absolute atomic E-state index is 12.0. The first-order valence-corrected chi connectivity index (χ1v) is 5.53. The Balaban J connectivity index is 4.87. The number of hydrogen-bond donors (Lipinski definition) is 2. The van der Waals surface area contributed by atoms with Crippen molar-refractivity contribution in [3.05, 3.63) is 0 Å². The largest absolute Gasteiger partial charge is 0.480 e. The van der Waals surface area contributed by atoms with Gasteiger partial charge in [-0.25, -0.2) is 9.59 Å². The summed E-state index contributed by atoms with van der Waals surface area (Å²) in [6.45, 7) is 4.94. The lowest BCUT2D eigenvalue weighted by atomic mass is 10.1. The molecule has 0 spiro atoms. The fourth-order valence-electron chi connectivity index (χ4n) is 1.35. The van der Waals surface area contributed by atoms with Crippen LogP contribution in [0.25, 0.3) is 0 Å². The van der Waals surface area contributed by atoms with Gasteiger partial charge in [0.15, 0.2) is 0 Å². The highest BCUT2D eigenvalue weighted by Gasteiger charge is 2.33. The molecule has 0 rings (SSSR count). The number of rotatable bonds is 5. The van der Waals surface area contributed by atoms with Crippen LogP contribution in [0.5, 0.6) is 0 Å². The van der Waals surface area contributed by atoms with Crippen molar-refractivity contribution in [2.24, 2.45) is 0 Å². The number of likely N-dealkylation sites (N-methyl/N-ethyl adjacent to an activating group) is 2. The lowest BCUT2D eigenvalue weighted by Gasteiger charge is -2.38. The molecule has 0 saturated heterocycles. The van der Waals surface area contributed by atoms with E-state index in [9.17, 15) is 14.7 Å². The second-order valence-electron chi connectivity index (χ2n) is 4.69. The second-order valence-corrected chi connectivity index (χ2v) is 4.69. The quantitative estimate of drug-likeness (QED) is 0.744. The summed E-state index contributed by atoms with van der Waals surface area (Å²) in [6, 6.07) is -1.27. The fraction of sp³-hybridized carbons (Fsp3) is 0.818. The third kappa shape index (κ3) is 3.59. The number of nitrogens with zero attached hydrogens (tertiary/aromatic N) is 2. The number of carbonyl (C=O) groups is 2. The van der Waals surface area contributed by atoms with Crippen molar-refractivity contribution in [2.45, 2.75) is 38.8 Å². The summed E-state index contributed by atoms with van der Waals surface area (Å²) in [7, 11) is 3.00. The zero-order chi connectivity index (χ0) is 13.8. The maximum atomic E-state index is 12.0. The molecule has 6 nitrogen and oxygen atoms in total. The van der Waals surface area contributed by atoms with Crippen LogP contribution in [0.1, 0.15) is 27.2 Å². The molecule has 100 valence electrons. The molecule has 0 bridgehead atoms. The normalized spacial score (nSPS) is 13.1. The molecular formula is C11H22N2O4. The first-order valence-electron chi connectivity index (χ1n) is 5.53. The standard InChI is InChI=1S/C11H22N2O4/c1-6-8(9(15)16)12(4)10(17)13(5)11(2,3)7-14/h8,14H,6-7H2,1-5H3,(H,15,16). The van der Waals surface area contributed by atoms with Crippen molar-refractivity contribution in [2.75, 3.05) is 20.7 Å². The van der Waals surface area contributed by atoms with Gasteiger partial charge in [0.25, 0.3) is 0 Å². The molecule has 0 aliphatic rings. The molecule has 0 radical (unpaired) electrons. The summed E-state index contributed by atoms with van der Waals surface area (Å²) in [5.74, 6) is -1.03. The molecular weight excluding hydrogens is 224 g/mol. The minimum Gasteiger partial charge on any atom is -0.480 e. The molecule has 1 unspecified atom stereocenters. The first-order chi connectivity index (χ1) is 7.68. The Morgan fingerprint density at radius 2 is 1.76 bits per heavy atom. The summed E-state index contributed by atoms with van der Waals surface area (Å²) in [5, 5.41) is 18.1. The summed E-state index contributed by atoms with van der Waals surface area (Å²) >= 11 is 0. The number of hydrogen-bond acceptors (Lipinski definition) is 3. The van der Waals surface area contributed by atoms with Crippen molar-refractivity contribution in [1.82, 2.24) is 9.80 Å². The Morgan fingerprint density at radius 3 is 2.06 bits per heavy atom. The smallest absolute Gasteiger partial charge is 0.326 e. The highest BCUT2D eigenvalue weighted by molar-refractivity contribution is 5.82. The molecule has 0 aromatic heterocycles. The van der Waals surface area contributed by atoms with Gasteiger partial charge < -0.3 is 20.0 Å². The lowest BCUT2D eigenvalue weighted by Crippen LogP contribution is -2.55. The van der Waals surface area contributed by atoms with Crippen LogP contribution in [0, 0.1) is 0 Å². The van der Waals surface area contributed by atoms with Gasteiger partial charge in [0, 0.05) is 14.1 Å². The monoisotopic (exact) mass is 246 g/mol. The number of carbonyl (C=O) groups excluding carboxylic acids is 1. The van der Waals surface area contributed by atoms with Crippen molar-refractivity contribution < 1.29 is 19.8 Å². The predicted molar refractivity (Wildman–Crippen MR) is 63.8 cm³/mol. The van der Waals surface area contributed by atoms with E-state index in [0.717, 1.165) is 0 Å². The van der Waals surface area contributed by atoms with E-state index in [1.165, 1.54) is 16.8 Å². The Bertz CT molecular complexity index is 291. The van der Waals surface area contributed by atoms with Gasteiger partial charge in [-0.15, -0.1) is 0 Å². The van der Waals surface area contributed by atoms with Gasteiger partial charge in [0.05, 0.1) is 12.1 Å². The summed E-state index contributed by atoms with van der Waals surface area (Å²) in [5.41, 5.74) is -0.720. The zero-order valence-electron chi connectivity index (χ0n) is 11.1. The highest BCUT2D eigenvalue weighted by Crippen LogP contribution is 2.15. The molecule has 6 heteroatoms. The van der Waals surface area contributed by atoms with Gasteiger partial charge in [-0.3, -0.25) is 0 Å². The molecule has 0 aromatic rings. The van der Waals surface area contributed by atoms with E-state index in [0.29, 0.717) is 6.42 Å². The Kier molecular flexibility index (Phi) is 5.41. The average molecular weight is 246 g/mol. The van der Waals surface area contributed by atoms with Gasteiger partial charge in [-0.1, -0.05) is 6.92 Å². The Labute approximate surface area is 102 Å². The summed E-state index contributed by atoms with van der Waals surface area (Å²) in [4.78, 5) is 25.5. The van der Waals surface area contributed by atoms with E-state index < -0.39 is 23.6 Å². The first kappa shape index (κ1) is 15.7. The molecule has 17 heavy (non-hydrogen) atoms. The van der Waals surface area contributed by atoms with Crippen LogP contribution in [0.15, 0.2) is 0 Å². The highest BCUT2D eigenvalue weighted by atomic mass is 16.4. The molecule has 0 fully saturated rings. The molecule has 2 amide bonds. The topological polar surface area (TPSA) is 81.1 Å². The predicted octanol–water partition coefficient (Wildman–Crippen LogP) is 0.604. The number of carboxylic acid groups (broad SMARTS) is 1. The van der Waals surface area contributed by atoms with Crippen molar-refractivity contribution >= 4 is 12.0 Å². The lowest BCUT2D eigenvalue weighted by molar-refractivity contribution is -0.142. The van der Waals surface area contributed by atoms with Gasteiger partial charge >= 0.3 is 12.0 Å². The van der Waals surface area contributed by atoms with Crippen LogP contribution in [0.4, 0.5) is 4.79 Å². The van der Waals surface area contributed by atoms with Crippen LogP contribution >= 0.6 is 0 Å². The number of urea groups is 1. The van der Waals surface area contributed by atoms with Gasteiger partial charge in [0.1, 0.15) is 6.04 Å². The zero-order valence-corrected chi connectivity index (χ0v) is 11.1. The molecule has 1 atom stereocenters. The second kappa shape index (κ2) is 5.86. The van der Waals surface area contributed by atoms with Crippen LogP contribution in [0.2, 0.25) is 0 Å². The van der Waals surface area contributed by atoms with Crippen LogP contribution in [-0.4, -0.2) is 64.3 Å². The molecule has 0 heterocycles. The van der Waals surface area contributed by atoms with Crippen LogP contribution < -0.4 is 0 Å². The molecule has 0 aromatic carbocycles. The SMILES string of the molecule is CCC(C(=O)O)N(C)C(=O)N(C)C(C)(C)CO. The van der Waals surface area contributed by atoms with E-state index in [1.54, 1.807) is 27.8 Å². The minimum atomic E-state index is -1.03. The van der Waals surface area contributed by atoms with Crippen LogP contribution in [-0.2, 0) is 4.79 Å². The van der Waals surface area contributed by atoms with Crippen molar-refractivity contribution in [1.29, 1.82) is 0 Å². The number of carboxylic acids is 1. The number of amides is 2. The molecule has 0 aliphatic carbocycles. The van der Waals surface area contributed by atoms with Crippen molar-refractivity contribution in [3.8, 4) is 0 Å². The third-order valence-corrected chi connectivity index (χ3v) is 3.02. The number of aliphatic hydroxyl groups is 1. The number of aliphatic hydroxyl groups excluding tert-OH is 1. The van der Waals surface area contributed by atoms with Gasteiger partial charge in [-0.2, -0.15) is 0 Å². The minimum absolute atomic E-state index is 0.188. The van der Waals surface area contributed by atoms with Gasteiger partial charge in [-0.05, 0) is 20.3 Å². The van der Waals surface area contributed by atoms with Crippen LogP contribution in [0.3, 0.4) is 0 Å². The molecule has 0 saturated carbocycles. The van der Waals surface area contributed by atoms with E-state index in [1.807, 2.05) is 0 Å². The summed E-state index contributed by atoms with van der Waals surface area (Å²) < 4.78 is 0. The Morgan fingerprint density at radius 1 is 1.29 bits per heavy atom. The summed E-state index contributed by atoms with van der Waals surface area (Å²) in [6.07, 6.45) is 0.338. The van der Waals surface area contributed by atoms with Gasteiger partial charge in [0.2, 0.25) is 0 Å². The van der Waals surface area contributed by atoms with E-state index in [-0.39, 0.29) is 6.61 Å². The van der Waals surface area contributed by atoms with E-state index in [2.05, 4.69) is 0 Å². The Hall–Kier alpha value is -1.30. The van der Waals surface area contributed by atoms with Crippen molar-refractivity contribution in [3.63, 3.8) is 0 Å². The maximum Gasteiger partial charge on any atom is 0.326 e.